The minimum Gasteiger partial charge on any atom is -0.436 e. The van der Waals surface area contributed by atoms with Crippen LogP contribution in [-0.4, -0.2) is 19.9 Å². The third kappa shape index (κ3) is 5.34. The quantitative estimate of drug-likeness (QED) is 0.174. The zero-order chi connectivity index (χ0) is 34.4. The van der Waals surface area contributed by atoms with Crippen LogP contribution in [0, 0.1) is 0 Å². The minimum absolute atomic E-state index is 0.602. The maximum Gasteiger partial charge on any atom is 0.227 e. The van der Waals surface area contributed by atoms with Crippen molar-refractivity contribution in [3.63, 3.8) is 0 Å². The second kappa shape index (κ2) is 12.5. The van der Waals surface area contributed by atoms with Gasteiger partial charge in [-0.2, -0.15) is 0 Å². The van der Waals surface area contributed by atoms with E-state index in [1.165, 1.54) is 11.1 Å². The molecule has 0 bridgehead atoms. The molecule has 0 fully saturated rings. The van der Waals surface area contributed by atoms with Crippen molar-refractivity contribution in [2.24, 2.45) is 0 Å². The van der Waals surface area contributed by atoms with Gasteiger partial charge in [0.15, 0.2) is 23.1 Å². The van der Waals surface area contributed by atoms with E-state index in [0.717, 1.165) is 64.7 Å². The van der Waals surface area contributed by atoms with Crippen LogP contribution in [0.4, 0.5) is 0 Å². The molecule has 0 amide bonds. The smallest absolute Gasteiger partial charge is 0.227 e. The van der Waals surface area contributed by atoms with Gasteiger partial charge in [0.25, 0.3) is 0 Å². The molecule has 10 aromatic rings. The van der Waals surface area contributed by atoms with Gasteiger partial charge < -0.3 is 4.42 Å². The Kier molecular flexibility index (Phi) is 7.25. The second-order valence-electron chi connectivity index (χ2n) is 12.6. The van der Waals surface area contributed by atoms with Gasteiger partial charge in [0, 0.05) is 42.4 Å². The van der Waals surface area contributed by atoms with Crippen molar-refractivity contribution in [3.8, 4) is 67.9 Å². The Morgan fingerprint density at radius 3 is 1.50 bits per heavy atom. The van der Waals surface area contributed by atoms with Crippen molar-refractivity contribution in [1.82, 2.24) is 19.9 Å². The Bertz CT molecular complexity index is 2870. The predicted molar refractivity (Wildman–Crippen MR) is 213 cm³/mol. The Labute approximate surface area is 303 Å². The lowest BCUT2D eigenvalue weighted by atomic mass is 10.0. The fourth-order valence-electron chi connectivity index (χ4n) is 6.79. The summed E-state index contributed by atoms with van der Waals surface area (Å²) in [6, 6.07) is 58.1. The van der Waals surface area contributed by atoms with E-state index in [-0.39, 0.29) is 0 Å². The molecular formula is C46H28N4OS. The van der Waals surface area contributed by atoms with Crippen LogP contribution in [0.1, 0.15) is 0 Å². The number of rotatable bonds is 6. The summed E-state index contributed by atoms with van der Waals surface area (Å²) in [6.45, 7) is 0. The first-order valence-corrected chi connectivity index (χ1v) is 18.0. The van der Waals surface area contributed by atoms with Crippen LogP contribution in [0.5, 0.6) is 0 Å². The summed E-state index contributed by atoms with van der Waals surface area (Å²) in [7, 11) is 0. The summed E-state index contributed by atoms with van der Waals surface area (Å²) in [5.74, 6) is 2.49. The SMILES string of the molecule is c1ccc(-c2ccc(-c3nc(-c4ccccc4)nc(-c4cccc5c4sc4ccc6oc(-c7ccc(-c8ccccc8)cc7)nc6c45)n3)cc2)cc1. The van der Waals surface area contributed by atoms with Gasteiger partial charge >= 0.3 is 0 Å². The molecule has 0 radical (unpaired) electrons. The van der Waals surface area contributed by atoms with Crippen LogP contribution in [-0.2, 0) is 0 Å². The average Bonchev–Trinajstić information content (AvgIpc) is 3.84. The summed E-state index contributed by atoms with van der Waals surface area (Å²) < 4.78 is 8.59. The van der Waals surface area contributed by atoms with Gasteiger partial charge in [-0.3, -0.25) is 0 Å². The highest BCUT2D eigenvalue weighted by atomic mass is 32.1. The van der Waals surface area contributed by atoms with Crippen molar-refractivity contribution in [3.05, 3.63) is 170 Å². The Hall–Kier alpha value is -6.76. The molecule has 6 heteroatoms. The van der Waals surface area contributed by atoms with E-state index in [0.29, 0.717) is 23.4 Å². The van der Waals surface area contributed by atoms with Crippen LogP contribution < -0.4 is 0 Å². The maximum absolute atomic E-state index is 6.37. The molecule has 3 heterocycles. The Morgan fingerprint density at radius 1 is 0.385 bits per heavy atom. The Balaban J connectivity index is 1.09. The van der Waals surface area contributed by atoms with Crippen LogP contribution in [0.15, 0.2) is 174 Å². The molecule has 0 unspecified atom stereocenters. The number of fused-ring (bicyclic) bond motifs is 5. The molecule has 0 saturated heterocycles. The molecule has 0 saturated carbocycles. The summed E-state index contributed by atoms with van der Waals surface area (Å²) in [5.41, 5.74) is 10.0. The number of thiophene rings is 1. The molecule has 7 aromatic carbocycles. The van der Waals surface area contributed by atoms with Gasteiger partial charge in [0.1, 0.15) is 5.52 Å². The highest BCUT2D eigenvalue weighted by Gasteiger charge is 2.20. The molecule has 0 N–H and O–H groups in total. The summed E-state index contributed by atoms with van der Waals surface area (Å²) >= 11 is 1.72. The van der Waals surface area contributed by atoms with E-state index in [4.69, 9.17) is 24.4 Å². The van der Waals surface area contributed by atoms with Crippen LogP contribution >= 0.6 is 11.3 Å². The minimum atomic E-state index is 0.602. The van der Waals surface area contributed by atoms with E-state index in [1.807, 2.05) is 48.5 Å². The van der Waals surface area contributed by atoms with E-state index >= 15 is 0 Å². The van der Waals surface area contributed by atoms with Crippen molar-refractivity contribution in [1.29, 1.82) is 0 Å². The van der Waals surface area contributed by atoms with Crippen molar-refractivity contribution >= 4 is 42.6 Å². The molecule has 52 heavy (non-hydrogen) atoms. The first kappa shape index (κ1) is 30.1. The fourth-order valence-corrected chi connectivity index (χ4v) is 8.01. The number of hydrogen-bond donors (Lipinski definition) is 0. The number of hydrogen-bond acceptors (Lipinski definition) is 6. The first-order valence-electron chi connectivity index (χ1n) is 17.1. The van der Waals surface area contributed by atoms with Gasteiger partial charge in [0.05, 0.1) is 0 Å². The topological polar surface area (TPSA) is 64.7 Å². The maximum atomic E-state index is 6.37. The number of benzene rings is 7. The summed E-state index contributed by atoms with van der Waals surface area (Å²) in [5, 5.41) is 2.17. The van der Waals surface area contributed by atoms with Gasteiger partial charge in [-0.05, 0) is 52.6 Å². The highest BCUT2D eigenvalue weighted by Crippen LogP contribution is 2.43. The fraction of sp³-hybridized carbons (Fsp3) is 0. The third-order valence-electron chi connectivity index (χ3n) is 9.42. The summed E-state index contributed by atoms with van der Waals surface area (Å²) in [4.78, 5) is 20.2. The standard InChI is InChI=1S/C46H28N4OS/c1-4-11-29(12-5-1)31-19-23-34(24-20-31)44-48-43(33-15-8-3-9-16-33)49-45(50-44)37-18-10-17-36-40-39(52-42(36)37)28-27-38-41(40)47-46(51-38)35-25-21-32(22-26-35)30-13-6-2-7-14-30/h1-28H. The first-order chi connectivity index (χ1) is 25.7. The normalized spacial score (nSPS) is 11.5. The number of aromatic nitrogens is 4. The van der Waals surface area contributed by atoms with Crippen LogP contribution in [0.2, 0.25) is 0 Å². The molecule has 3 aromatic heterocycles. The Morgan fingerprint density at radius 2 is 0.885 bits per heavy atom. The molecule has 0 atom stereocenters. The van der Waals surface area contributed by atoms with E-state index in [1.54, 1.807) is 11.3 Å². The predicted octanol–water partition coefficient (Wildman–Crippen LogP) is 12.4. The monoisotopic (exact) mass is 684 g/mol. The molecule has 10 rings (SSSR count). The molecule has 5 nitrogen and oxygen atoms in total. The molecule has 244 valence electrons. The average molecular weight is 685 g/mol. The van der Waals surface area contributed by atoms with Crippen molar-refractivity contribution in [2.75, 3.05) is 0 Å². The molecule has 0 aliphatic heterocycles. The second-order valence-corrected chi connectivity index (χ2v) is 13.7. The number of nitrogens with zero attached hydrogens (tertiary/aromatic N) is 4. The van der Waals surface area contributed by atoms with Crippen LogP contribution in [0.3, 0.4) is 0 Å². The largest absolute Gasteiger partial charge is 0.436 e. The molecular weight excluding hydrogens is 657 g/mol. The van der Waals surface area contributed by atoms with Gasteiger partial charge in [-0.1, -0.05) is 140 Å². The van der Waals surface area contributed by atoms with Crippen molar-refractivity contribution < 1.29 is 4.42 Å². The molecule has 0 aliphatic carbocycles. The van der Waals surface area contributed by atoms with Gasteiger partial charge in [-0.15, -0.1) is 11.3 Å². The summed E-state index contributed by atoms with van der Waals surface area (Å²) in [6.07, 6.45) is 0. The van der Waals surface area contributed by atoms with E-state index < -0.39 is 0 Å². The zero-order valence-electron chi connectivity index (χ0n) is 27.8. The zero-order valence-corrected chi connectivity index (χ0v) is 28.6. The van der Waals surface area contributed by atoms with Crippen LogP contribution in [0.25, 0.3) is 99.1 Å². The third-order valence-corrected chi connectivity index (χ3v) is 10.6. The van der Waals surface area contributed by atoms with Crippen molar-refractivity contribution in [2.45, 2.75) is 0 Å². The van der Waals surface area contributed by atoms with E-state index in [2.05, 4.69) is 121 Å². The number of oxazole rings is 1. The highest BCUT2D eigenvalue weighted by molar-refractivity contribution is 7.26. The lowest BCUT2D eigenvalue weighted by Crippen LogP contribution is -2.00. The molecule has 0 spiro atoms. The van der Waals surface area contributed by atoms with E-state index in [9.17, 15) is 0 Å². The lowest BCUT2D eigenvalue weighted by molar-refractivity contribution is 0.620. The van der Waals surface area contributed by atoms with Gasteiger partial charge in [-0.25, -0.2) is 19.9 Å². The lowest BCUT2D eigenvalue weighted by Gasteiger charge is -2.10. The van der Waals surface area contributed by atoms with Gasteiger partial charge in [0.2, 0.25) is 5.89 Å². The molecule has 0 aliphatic rings.